The topological polar surface area (TPSA) is 17.1 Å². The van der Waals surface area contributed by atoms with E-state index in [0.29, 0.717) is 0 Å². The number of aldehydes is 1. The Morgan fingerprint density at radius 2 is 1.71 bits per heavy atom. The lowest BCUT2D eigenvalue weighted by Gasteiger charge is -2.16. The van der Waals surface area contributed by atoms with Gasteiger partial charge in [0.05, 0.1) is 0 Å². The Kier molecular flexibility index (Phi) is 3.87. The van der Waals surface area contributed by atoms with Crippen LogP contribution < -0.4 is 0 Å². The second-order valence-electron chi connectivity index (χ2n) is 4.23. The average Bonchev–Trinajstić information content (AvgIpc) is 2.19. The zero-order chi connectivity index (χ0) is 10.6. The molecular formula is C12H15BrO. The first-order chi connectivity index (χ1) is 6.57. The first-order valence-electron chi connectivity index (χ1n) is 4.67. The highest BCUT2D eigenvalue weighted by molar-refractivity contribution is 9.08. The zero-order valence-electron chi connectivity index (χ0n) is 8.59. The summed E-state index contributed by atoms with van der Waals surface area (Å²) in [6, 6.07) is 8.35. The fraction of sp³-hybridized carbons (Fsp3) is 0.417. The summed E-state index contributed by atoms with van der Waals surface area (Å²) in [5, 5.41) is 0.879. The van der Waals surface area contributed by atoms with Crippen molar-refractivity contribution in [3.05, 3.63) is 35.4 Å². The van der Waals surface area contributed by atoms with Crippen LogP contribution in [0.1, 0.15) is 25.0 Å². The molecule has 0 saturated heterocycles. The Hall–Kier alpha value is -0.630. The third kappa shape index (κ3) is 3.26. The number of rotatable bonds is 4. The summed E-state index contributed by atoms with van der Waals surface area (Å²) < 4.78 is 0. The first-order valence-corrected chi connectivity index (χ1v) is 5.80. The molecule has 0 aliphatic carbocycles. The van der Waals surface area contributed by atoms with E-state index in [1.165, 1.54) is 11.1 Å². The number of alkyl halides is 1. The van der Waals surface area contributed by atoms with Gasteiger partial charge in [0, 0.05) is 10.7 Å². The molecule has 0 heterocycles. The Morgan fingerprint density at radius 1 is 1.21 bits per heavy atom. The van der Waals surface area contributed by atoms with Crippen LogP contribution in [-0.2, 0) is 16.5 Å². The van der Waals surface area contributed by atoms with Gasteiger partial charge in [0.1, 0.15) is 6.29 Å². The maximum atomic E-state index is 10.7. The minimum atomic E-state index is -0.254. The smallest absolute Gasteiger partial charge is 0.125 e. The third-order valence-electron chi connectivity index (χ3n) is 2.16. The van der Waals surface area contributed by atoms with Crippen molar-refractivity contribution in [2.75, 3.05) is 0 Å². The van der Waals surface area contributed by atoms with Crippen LogP contribution in [0.5, 0.6) is 0 Å². The summed E-state index contributed by atoms with van der Waals surface area (Å²) in [5.41, 5.74) is 2.22. The fourth-order valence-electron chi connectivity index (χ4n) is 1.31. The van der Waals surface area contributed by atoms with Gasteiger partial charge >= 0.3 is 0 Å². The number of hydrogen-bond donors (Lipinski definition) is 0. The summed E-state index contributed by atoms with van der Waals surface area (Å²) >= 11 is 3.40. The van der Waals surface area contributed by atoms with Crippen molar-refractivity contribution in [3.63, 3.8) is 0 Å². The van der Waals surface area contributed by atoms with Gasteiger partial charge in [-0.25, -0.2) is 0 Å². The maximum Gasteiger partial charge on any atom is 0.125 e. The molecule has 1 nitrogen and oxygen atoms in total. The van der Waals surface area contributed by atoms with Crippen LogP contribution in [0.4, 0.5) is 0 Å². The van der Waals surface area contributed by atoms with Crippen molar-refractivity contribution < 1.29 is 4.79 Å². The van der Waals surface area contributed by atoms with Gasteiger partial charge < -0.3 is 4.79 Å². The molecule has 0 atom stereocenters. The van der Waals surface area contributed by atoms with E-state index in [2.05, 4.69) is 40.2 Å². The van der Waals surface area contributed by atoms with Gasteiger partial charge in [0.15, 0.2) is 0 Å². The van der Waals surface area contributed by atoms with Crippen LogP contribution in [0.3, 0.4) is 0 Å². The van der Waals surface area contributed by atoms with Gasteiger partial charge in [-0.3, -0.25) is 0 Å². The second kappa shape index (κ2) is 4.74. The predicted octanol–water partition coefficient (Wildman–Crippen LogP) is 3.35. The molecule has 0 aromatic heterocycles. The van der Waals surface area contributed by atoms with Crippen molar-refractivity contribution in [2.45, 2.75) is 25.6 Å². The molecule has 0 amide bonds. The lowest BCUT2D eigenvalue weighted by atomic mass is 9.87. The van der Waals surface area contributed by atoms with E-state index in [1.807, 2.05) is 13.8 Å². The van der Waals surface area contributed by atoms with Crippen LogP contribution in [0.25, 0.3) is 0 Å². The molecular weight excluding hydrogens is 240 g/mol. The summed E-state index contributed by atoms with van der Waals surface area (Å²) in [6.45, 7) is 3.91. The molecule has 1 rings (SSSR count). The Labute approximate surface area is 93.7 Å². The number of halogens is 1. The lowest BCUT2D eigenvalue weighted by Crippen LogP contribution is -2.16. The highest BCUT2D eigenvalue weighted by Gasteiger charge is 2.16. The molecule has 14 heavy (non-hydrogen) atoms. The molecule has 0 fully saturated rings. The number of carbonyl (C=O) groups excluding carboxylic acids is 1. The molecule has 0 N–H and O–H groups in total. The molecule has 76 valence electrons. The largest absolute Gasteiger partial charge is 0.303 e. The molecule has 0 radical (unpaired) electrons. The molecule has 1 aromatic rings. The van der Waals surface area contributed by atoms with E-state index in [4.69, 9.17) is 0 Å². The van der Waals surface area contributed by atoms with E-state index < -0.39 is 0 Å². The van der Waals surface area contributed by atoms with Crippen LogP contribution in [0, 0.1) is 5.41 Å². The fourth-order valence-corrected chi connectivity index (χ4v) is 1.69. The van der Waals surface area contributed by atoms with E-state index in [0.717, 1.165) is 18.0 Å². The van der Waals surface area contributed by atoms with Gasteiger partial charge in [0.2, 0.25) is 0 Å². The Balaban J connectivity index is 2.73. The minimum Gasteiger partial charge on any atom is -0.303 e. The van der Waals surface area contributed by atoms with E-state index in [1.54, 1.807) is 0 Å². The molecule has 2 heteroatoms. The van der Waals surface area contributed by atoms with Gasteiger partial charge in [-0.1, -0.05) is 54.0 Å². The average molecular weight is 255 g/mol. The predicted molar refractivity (Wildman–Crippen MR) is 62.6 cm³/mol. The monoisotopic (exact) mass is 254 g/mol. The van der Waals surface area contributed by atoms with Crippen LogP contribution >= 0.6 is 15.9 Å². The Morgan fingerprint density at radius 3 is 2.14 bits per heavy atom. The summed E-state index contributed by atoms with van der Waals surface area (Å²) in [4.78, 5) is 10.7. The standard InChI is InChI=1S/C12H15BrO/c1-12(2,9-14)7-10-3-5-11(8-13)6-4-10/h3-6,9H,7-8H2,1-2H3. The number of carbonyl (C=O) groups is 1. The van der Waals surface area contributed by atoms with Crippen molar-refractivity contribution in [2.24, 2.45) is 5.41 Å². The molecule has 0 bridgehead atoms. The van der Waals surface area contributed by atoms with Gasteiger partial charge in [-0.05, 0) is 17.5 Å². The summed E-state index contributed by atoms with van der Waals surface area (Å²) in [5.74, 6) is 0. The van der Waals surface area contributed by atoms with Crippen molar-refractivity contribution >= 4 is 22.2 Å². The minimum absolute atomic E-state index is 0.254. The van der Waals surface area contributed by atoms with Crippen molar-refractivity contribution in [1.29, 1.82) is 0 Å². The van der Waals surface area contributed by atoms with Crippen LogP contribution in [-0.4, -0.2) is 6.29 Å². The normalized spacial score (nSPS) is 11.4. The van der Waals surface area contributed by atoms with Crippen LogP contribution in [0.2, 0.25) is 0 Å². The molecule has 0 unspecified atom stereocenters. The molecule has 0 aliphatic heterocycles. The van der Waals surface area contributed by atoms with Crippen molar-refractivity contribution in [1.82, 2.24) is 0 Å². The van der Waals surface area contributed by atoms with Gasteiger partial charge in [-0.2, -0.15) is 0 Å². The highest BCUT2D eigenvalue weighted by atomic mass is 79.9. The highest BCUT2D eigenvalue weighted by Crippen LogP contribution is 2.19. The van der Waals surface area contributed by atoms with E-state index in [-0.39, 0.29) is 5.41 Å². The molecule has 0 spiro atoms. The van der Waals surface area contributed by atoms with Crippen LogP contribution in [0.15, 0.2) is 24.3 Å². The van der Waals surface area contributed by atoms with Gasteiger partial charge in [-0.15, -0.1) is 0 Å². The SMILES string of the molecule is CC(C)(C=O)Cc1ccc(CBr)cc1. The van der Waals surface area contributed by atoms with E-state index in [9.17, 15) is 4.79 Å². The second-order valence-corrected chi connectivity index (χ2v) is 4.79. The number of hydrogen-bond acceptors (Lipinski definition) is 1. The first kappa shape index (κ1) is 11.4. The maximum absolute atomic E-state index is 10.7. The molecule has 0 saturated carbocycles. The summed E-state index contributed by atoms with van der Waals surface area (Å²) in [7, 11) is 0. The molecule has 0 aliphatic rings. The molecule has 1 aromatic carbocycles. The van der Waals surface area contributed by atoms with Crippen molar-refractivity contribution in [3.8, 4) is 0 Å². The lowest BCUT2D eigenvalue weighted by molar-refractivity contribution is -0.114. The Bertz CT molecular complexity index is 301. The number of benzene rings is 1. The van der Waals surface area contributed by atoms with Gasteiger partial charge in [0.25, 0.3) is 0 Å². The third-order valence-corrected chi connectivity index (χ3v) is 2.80. The quantitative estimate of drug-likeness (QED) is 0.595. The van der Waals surface area contributed by atoms with E-state index >= 15 is 0 Å². The summed E-state index contributed by atoms with van der Waals surface area (Å²) in [6.07, 6.45) is 1.82. The zero-order valence-corrected chi connectivity index (χ0v) is 10.2.